The maximum absolute atomic E-state index is 9.59. The molecule has 1 saturated carbocycles. The van der Waals surface area contributed by atoms with E-state index in [-0.39, 0.29) is 12.1 Å². The Bertz CT molecular complexity index is 437. The largest absolute Gasteiger partial charge is 0.496 e. The molecule has 3 heteroatoms. The van der Waals surface area contributed by atoms with Gasteiger partial charge in [0.15, 0.2) is 0 Å². The van der Waals surface area contributed by atoms with Gasteiger partial charge in [0, 0.05) is 6.04 Å². The first-order valence-corrected chi connectivity index (χ1v) is 7.12. The smallest absolute Gasteiger partial charge is 0.122 e. The van der Waals surface area contributed by atoms with Crippen LogP contribution in [-0.4, -0.2) is 18.3 Å². The number of benzene rings is 1. The number of rotatable bonds is 3. The molecule has 1 aromatic carbocycles. The van der Waals surface area contributed by atoms with Gasteiger partial charge in [-0.2, -0.15) is 0 Å². The quantitative estimate of drug-likeness (QED) is 0.881. The van der Waals surface area contributed by atoms with Gasteiger partial charge in [-0.3, -0.25) is 0 Å². The van der Waals surface area contributed by atoms with Crippen molar-refractivity contribution in [2.24, 2.45) is 11.7 Å². The fourth-order valence-corrected chi connectivity index (χ4v) is 3.11. The summed E-state index contributed by atoms with van der Waals surface area (Å²) in [6, 6.07) is 4.17. The Balaban J connectivity index is 2.19. The summed E-state index contributed by atoms with van der Waals surface area (Å²) < 4.78 is 5.35. The van der Waals surface area contributed by atoms with Crippen molar-refractivity contribution in [3.63, 3.8) is 0 Å². The standard InChI is InChI=1S/C16H25NO2/c1-10-11(2)15(19-3)9-8-14(10)16(17)12-4-6-13(18)7-5-12/h8-9,12-13,16,18H,4-7,17H2,1-3H3. The van der Waals surface area contributed by atoms with Gasteiger partial charge in [-0.15, -0.1) is 0 Å². The molecule has 2 rings (SSSR count). The average molecular weight is 263 g/mol. The molecule has 0 heterocycles. The molecule has 0 saturated heterocycles. The number of aliphatic hydroxyl groups excluding tert-OH is 1. The van der Waals surface area contributed by atoms with E-state index in [0.717, 1.165) is 31.4 Å². The Morgan fingerprint density at radius 2 is 1.79 bits per heavy atom. The van der Waals surface area contributed by atoms with Crippen molar-refractivity contribution in [2.75, 3.05) is 7.11 Å². The molecule has 0 aromatic heterocycles. The van der Waals surface area contributed by atoms with Crippen molar-refractivity contribution in [2.45, 2.75) is 51.7 Å². The van der Waals surface area contributed by atoms with Crippen LogP contribution in [0.3, 0.4) is 0 Å². The summed E-state index contributed by atoms with van der Waals surface area (Å²) in [6.07, 6.45) is 3.68. The van der Waals surface area contributed by atoms with Crippen LogP contribution in [0.2, 0.25) is 0 Å². The van der Waals surface area contributed by atoms with Crippen LogP contribution in [0.15, 0.2) is 12.1 Å². The number of methoxy groups -OCH3 is 1. The zero-order valence-electron chi connectivity index (χ0n) is 12.1. The second-order valence-electron chi connectivity index (χ2n) is 5.70. The van der Waals surface area contributed by atoms with Crippen LogP contribution in [0, 0.1) is 19.8 Å². The molecule has 1 fully saturated rings. The summed E-state index contributed by atoms with van der Waals surface area (Å²) >= 11 is 0. The van der Waals surface area contributed by atoms with E-state index in [1.807, 2.05) is 6.07 Å². The fourth-order valence-electron chi connectivity index (χ4n) is 3.11. The number of hydrogen-bond acceptors (Lipinski definition) is 3. The van der Waals surface area contributed by atoms with E-state index in [1.54, 1.807) is 7.11 Å². The van der Waals surface area contributed by atoms with E-state index < -0.39 is 0 Å². The first-order chi connectivity index (χ1) is 9.04. The summed E-state index contributed by atoms with van der Waals surface area (Å²) in [5.41, 5.74) is 10.1. The van der Waals surface area contributed by atoms with Crippen LogP contribution in [0.4, 0.5) is 0 Å². The van der Waals surface area contributed by atoms with Gasteiger partial charge >= 0.3 is 0 Å². The maximum atomic E-state index is 9.59. The molecule has 0 amide bonds. The lowest BCUT2D eigenvalue weighted by Crippen LogP contribution is -2.28. The van der Waals surface area contributed by atoms with Gasteiger partial charge in [0.1, 0.15) is 5.75 Å². The van der Waals surface area contributed by atoms with E-state index in [1.165, 1.54) is 16.7 Å². The molecule has 1 atom stereocenters. The molecular weight excluding hydrogens is 238 g/mol. The molecule has 3 N–H and O–H groups in total. The minimum absolute atomic E-state index is 0.0668. The monoisotopic (exact) mass is 263 g/mol. The average Bonchev–Trinajstić information content (AvgIpc) is 2.42. The highest BCUT2D eigenvalue weighted by atomic mass is 16.5. The van der Waals surface area contributed by atoms with Gasteiger partial charge in [-0.1, -0.05) is 6.07 Å². The zero-order chi connectivity index (χ0) is 14.0. The van der Waals surface area contributed by atoms with Crippen LogP contribution in [0.5, 0.6) is 5.75 Å². The summed E-state index contributed by atoms with van der Waals surface area (Å²) in [7, 11) is 1.70. The third-order valence-electron chi connectivity index (χ3n) is 4.61. The van der Waals surface area contributed by atoms with Crippen LogP contribution in [0.1, 0.15) is 48.4 Å². The number of aliphatic hydroxyl groups is 1. The molecule has 1 aromatic rings. The normalized spacial score (nSPS) is 25.1. The van der Waals surface area contributed by atoms with Gasteiger partial charge in [0.2, 0.25) is 0 Å². The summed E-state index contributed by atoms with van der Waals surface area (Å²) in [5, 5.41) is 9.59. The lowest BCUT2D eigenvalue weighted by Gasteiger charge is -2.31. The predicted molar refractivity (Wildman–Crippen MR) is 77.4 cm³/mol. The van der Waals surface area contributed by atoms with Crippen molar-refractivity contribution in [3.05, 3.63) is 28.8 Å². The Hall–Kier alpha value is -1.06. The third kappa shape index (κ3) is 2.93. The van der Waals surface area contributed by atoms with E-state index in [4.69, 9.17) is 10.5 Å². The molecule has 0 radical (unpaired) electrons. The molecule has 1 unspecified atom stereocenters. The molecule has 0 aliphatic heterocycles. The first kappa shape index (κ1) is 14.4. The lowest BCUT2D eigenvalue weighted by atomic mass is 9.79. The molecule has 1 aliphatic carbocycles. The molecule has 0 bridgehead atoms. The van der Waals surface area contributed by atoms with Gasteiger partial charge < -0.3 is 15.6 Å². The number of hydrogen-bond donors (Lipinski definition) is 2. The Morgan fingerprint density at radius 3 is 2.37 bits per heavy atom. The van der Waals surface area contributed by atoms with E-state index in [9.17, 15) is 5.11 Å². The van der Waals surface area contributed by atoms with Gasteiger partial charge in [0.05, 0.1) is 13.2 Å². The van der Waals surface area contributed by atoms with E-state index in [0.29, 0.717) is 5.92 Å². The van der Waals surface area contributed by atoms with Crippen molar-refractivity contribution in [3.8, 4) is 5.75 Å². The molecule has 106 valence electrons. The lowest BCUT2D eigenvalue weighted by molar-refractivity contribution is 0.102. The van der Waals surface area contributed by atoms with Gasteiger partial charge in [-0.05, 0) is 68.2 Å². The van der Waals surface area contributed by atoms with Crippen molar-refractivity contribution in [1.82, 2.24) is 0 Å². The summed E-state index contributed by atoms with van der Waals surface area (Å²) in [6.45, 7) is 4.19. The topological polar surface area (TPSA) is 55.5 Å². The second-order valence-corrected chi connectivity index (χ2v) is 5.70. The Morgan fingerprint density at radius 1 is 1.16 bits per heavy atom. The molecule has 19 heavy (non-hydrogen) atoms. The Labute approximate surface area is 115 Å². The van der Waals surface area contributed by atoms with Crippen LogP contribution >= 0.6 is 0 Å². The van der Waals surface area contributed by atoms with Crippen molar-refractivity contribution >= 4 is 0 Å². The molecule has 0 spiro atoms. The third-order valence-corrected chi connectivity index (χ3v) is 4.61. The highest BCUT2D eigenvalue weighted by molar-refractivity contribution is 5.44. The second kappa shape index (κ2) is 5.93. The van der Waals surface area contributed by atoms with Gasteiger partial charge in [0.25, 0.3) is 0 Å². The maximum Gasteiger partial charge on any atom is 0.122 e. The molecular formula is C16H25NO2. The number of nitrogens with two attached hydrogens (primary N) is 1. The first-order valence-electron chi connectivity index (χ1n) is 7.12. The van der Waals surface area contributed by atoms with Gasteiger partial charge in [-0.25, -0.2) is 0 Å². The summed E-state index contributed by atoms with van der Waals surface area (Å²) in [5.74, 6) is 1.41. The van der Waals surface area contributed by atoms with Crippen LogP contribution < -0.4 is 10.5 Å². The number of ether oxygens (including phenoxy) is 1. The molecule has 3 nitrogen and oxygen atoms in total. The minimum Gasteiger partial charge on any atom is -0.496 e. The predicted octanol–water partition coefficient (Wildman–Crippen LogP) is 2.86. The van der Waals surface area contributed by atoms with Crippen molar-refractivity contribution in [1.29, 1.82) is 0 Å². The minimum atomic E-state index is -0.123. The highest BCUT2D eigenvalue weighted by Crippen LogP contribution is 2.36. The van der Waals surface area contributed by atoms with Crippen LogP contribution in [0.25, 0.3) is 0 Å². The zero-order valence-corrected chi connectivity index (χ0v) is 12.1. The van der Waals surface area contributed by atoms with E-state index in [2.05, 4.69) is 19.9 Å². The SMILES string of the molecule is COc1ccc(C(N)C2CCC(O)CC2)c(C)c1C. The van der Waals surface area contributed by atoms with Crippen LogP contribution in [-0.2, 0) is 0 Å². The molecule has 1 aliphatic rings. The highest BCUT2D eigenvalue weighted by Gasteiger charge is 2.26. The fraction of sp³-hybridized carbons (Fsp3) is 0.625. The van der Waals surface area contributed by atoms with E-state index >= 15 is 0 Å². The Kier molecular flexibility index (Phi) is 4.48. The van der Waals surface area contributed by atoms with Crippen molar-refractivity contribution < 1.29 is 9.84 Å². The summed E-state index contributed by atoms with van der Waals surface area (Å²) in [4.78, 5) is 0.